The molecule has 0 aromatic heterocycles. The molecule has 0 aliphatic carbocycles. The number of hydroxylamine groups is 2. The normalized spacial score (nSPS) is 13.2. The van der Waals surface area contributed by atoms with E-state index >= 15 is 0 Å². The van der Waals surface area contributed by atoms with Crippen LogP contribution in [0.1, 0.15) is 16.7 Å². The summed E-state index contributed by atoms with van der Waals surface area (Å²) >= 11 is 3.44. The molecule has 0 amide bonds. The summed E-state index contributed by atoms with van der Waals surface area (Å²) < 4.78 is 0.992. The maximum absolute atomic E-state index is 11.2. The lowest BCUT2D eigenvalue weighted by Gasteiger charge is -2.17. The molecule has 0 atom stereocenters. The van der Waals surface area contributed by atoms with E-state index in [2.05, 4.69) is 15.9 Å². The number of rotatable bonds is 3. The van der Waals surface area contributed by atoms with Gasteiger partial charge in [0.2, 0.25) is 0 Å². The molecule has 0 saturated carbocycles. The topological polar surface area (TPSA) is 29.5 Å². The molecule has 0 radical (unpaired) electrons. The highest BCUT2D eigenvalue weighted by molar-refractivity contribution is 9.10. The minimum absolute atomic E-state index is 0.432. The molecule has 3 rings (SSSR count). The van der Waals surface area contributed by atoms with E-state index in [1.807, 2.05) is 54.5 Å². The van der Waals surface area contributed by atoms with Crippen LogP contribution in [0.5, 0.6) is 0 Å². The molecule has 4 heteroatoms. The van der Waals surface area contributed by atoms with Crippen molar-refractivity contribution in [3.05, 3.63) is 69.7 Å². The van der Waals surface area contributed by atoms with Gasteiger partial charge in [-0.2, -0.15) is 0 Å². The fourth-order valence-corrected chi connectivity index (χ4v) is 2.64. The van der Waals surface area contributed by atoms with Gasteiger partial charge in [0.15, 0.2) is 11.6 Å². The zero-order valence-electron chi connectivity index (χ0n) is 10.7. The molecule has 2 aromatic rings. The van der Waals surface area contributed by atoms with Crippen LogP contribution in [-0.2, 0) is 22.8 Å². The fourth-order valence-electron chi connectivity index (χ4n) is 2.24. The highest BCUT2D eigenvalue weighted by atomic mass is 79.9. The van der Waals surface area contributed by atoms with Crippen LogP contribution in [0, 0.1) is 0 Å². The quantitative estimate of drug-likeness (QED) is 0.806. The first-order valence-corrected chi connectivity index (χ1v) is 7.05. The monoisotopic (exact) mass is 329 g/mol. The Balaban J connectivity index is 1.78. The highest BCUT2D eigenvalue weighted by Crippen LogP contribution is 2.33. The Morgan fingerprint density at radius 3 is 2.75 bits per heavy atom. The lowest BCUT2D eigenvalue weighted by atomic mass is 10.1. The number of halogens is 1. The second-order valence-corrected chi connectivity index (χ2v) is 5.46. The summed E-state index contributed by atoms with van der Waals surface area (Å²) in [5, 5.41) is 1.61. The van der Waals surface area contributed by atoms with Crippen molar-refractivity contribution < 1.29 is 9.63 Å². The summed E-state index contributed by atoms with van der Waals surface area (Å²) in [6, 6.07) is 15.7. The van der Waals surface area contributed by atoms with Crippen LogP contribution in [0.4, 0.5) is 0 Å². The van der Waals surface area contributed by atoms with Gasteiger partial charge in [0.25, 0.3) is 0 Å². The van der Waals surface area contributed by atoms with Crippen LogP contribution in [0.25, 0.3) is 5.70 Å². The molecule has 0 N–H and O–H groups in total. The van der Waals surface area contributed by atoms with Crippen molar-refractivity contribution >= 4 is 27.6 Å². The predicted molar refractivity (Wildman–Crippen MR) is 80.0 cm³/mol. The molecule has 1 aliphatic rings. The Hall–Kier alpha value is -1.87. The summed E-state index contributed by atoms with van der Waals surface area (Å²) in [6.07, 6.45) is 0. The second-order valence-electron chi connectivity index (χ2n) is 4.55. The van der Waals surface area contributed by atoms with Crippen LogP contribution in [-0.4, -0.2) is 11.0 Å². The van der Waals surface area contributed by atoms with Gasteiger partial charge in [0.05, 0.1) is 13.2 Å². The SMILES string of the molecule is O=C=C1c2ccc(Br)cc2CN1OCc1ccccc1. The summed E-state index contributed by atoms with van der Waals surface area (Å²) in [6.45, 7) is 0.993. The Kier molecular flexibility index (Phi) is 3.70. The van der Waals surface area contributed by atoms with E-state index in [1.54, 1.807) is 5.06 Å². The summed E-state index contributed by atoms with van der Waals surface area (Å²) in [5.41, 5.74) is 3.47. The number of benzene rings is 2. The molecule has 1 heterocycles. The van der Waals surface area contributed by atoms with Crippen molar-refractivity contribution in [2.45, 2.75) is 13.2 Å². The van der Waals surface area contributed by atoms with Gasteiger partial charge in [-0.25, -0.2) is 9.86 Å². The van der Waals surface area contributed by atoms with Gasteiger partial charge in [-0.05, 0) is 23.3 Å². The van der Waals surface area contributed by atoms with Crippen LogP contribution in [0.2, 0.25) is 0 Å². The summed E-state index contributed by atoms with van der Waals surface area (Å²) in [7, 11) is 0. The lowest BCUT2D eigenvalue weighted by molar-refractivity contribution is -0.122. The van der Waals surface area contributed by atoms with E-state index in [4.69, 9.17) is 4.84 Å². The first-order chi connectivity index (χ1) is 9.78. The highest BCUT2D eigenvalue weighted by Gasteiger charge is 2.26. The molecule has 0 spiro atoms. The van der Waals surface area contributed by atoms with E-state index in [9.17, 15) is 4.79 Å². The van der Waals surface area contributed by atoms with Gasteiger partial charge in [-0.3, -0.25) is 4.84 Å². The first kappa shape index (κ1) is 13.1. The maximum Gasteiger partial charge on any atom is 0.155 e. The van der Waals surface area contributed by atoms with Gasteiger partial charge in [-0.15, -0.1) is 0 Å². The average molecular weight is 330 g/mol. The largest absolute Gasteiger partial charge is 0.268 e. The third-order valence-electron chi connectivity index (χ3n) is 3.21. The second kappa shape index (κ2) is 5.63. The van der Waals surface area contributed by atoms with Crippen LogP contribution in [0.3, 0.4) is 0 Å². The Morgan fingerprint density at radius 1 is 1.20 bits per heavy atom. The van der Waals surface area contributed by atoms with Gasteiger partial charge >= 0.3 is 0 Å². The molecule has 100 valence electrons. The van der Waals surface area contributed by atoms with Crippen molar-refractivity contribution in [3.8, 4) is 0 Å². The minimum atomic E-state index is 0.432. The van der Waals surface area contributed by atoms with E-state index in [0.717, 1.165) is 21.2 Å². The van der Waals surface area contributed by atoms with Crippen LogP contribution in [0.15, 0.2) is 53.0 Å². The van der Waals surface area contributed by atoms with Crippen molar-refractivity contribution in [1.82, 2.24) is 5.06 Å². The number of nitrogens with zero attached hydrogens (tertiary/aromatic N) is 1. The fraction of sp³-hybridized carbons (Fsp3) is 0.125. The van der Waals surface area contributed by atoms with E-state index in [0.29, 0.717) is 18.8 Å². The number of fused-ring (bicyclic) bond motifs is 1. The smallest absolute Gasteiger partial charge is 0.155 e. The predicted octanol–water partition coefficient (Wildman–Crippen LogP) is 3.57. The molecule has 3 nitrogen and oxygen atoms in total. The average Bonchev–Trinajstić information content (AvgIpc) is 2.82. The maximum atomic E-state index is 11.2. The molecule has 2 aromatic carbocycles. The third-order valence-corrected chi connectivity index (χ3v) is 3.71. The van der Waals surface area contributed by atoms with Crippen LogP contribution < -0.4 is 0 Å². The standard InChI is InChI=1S/C16H12BrNO2/c17-14-6-7-15-13(8-14)9-18(16(15)10-19)20-11-12-4-2-1-3-5-12/h1-8H,9,11H2. The molecular weight excluding hydrogens is 318 g/mol. The molecule has 0 bridgehead atoms. The van der Waals surface area contributed by atoms with Gasteiger partial charge < -0.3 is 0 Å². The van der Waals surface area contributed by atoms with Crippen molar-refractivity contribution in [1.29, 1.82) is 0 Å². The molecule has 0 unspecified atom stereocenters. The van der Waals surface area contributed by atoms with E-state index in [-0.39, 0.29) is 0 Å². The zero-order valence-corrected chi connectivity index (χ0v) is 12.3. The third kappa shape index (κ3) is 2.54. The summed E-state index contributed by atoms with van der Waals surface area (Å²) in [5.74, 6) is 1.98. The minimum Gasteiger partial charge on any atom is -0.268 e. The molecular formula is C16H12BrNO2. The lowest BCUT2D eigenvalue weighted by Crippen LogP contribution is -2.16. The Labute approximate surface area is 125 Å². The Bertz CT molecular complexity index is 678. The number of hydrogen-bond donors (Lipinski definition) is 0. The van der Waals surface area contributed by atoms with Gasteiger partial charge in [-0.1, -0.05) is 52.3 Å². The number of carbonyl (C=O) groups excluding carboxylic acids is 1. The molecule has 20 heavy (non-hydrogen) atoms. The van der Waals surface area contributed by atoms with Crippen molar-refractivity contribution in [2.75, 3.05) is 0 Å². The van der Waals surface area contributed by atoms with Crippen molar-refractivity contribution in [3.63, 3.8) is 0 Å². The Morgan fingerprint density at radius 2 is 2.00 bits per heavy atom. The van der Waals surface area contributed by atoms with E-state index in [1.165, 1.54) is 0 Å². The molecule has 0 fully saturated rings. The zero-order chi connectivity index (χ0) is 13.9. The van der Waals surface area contributed by atoms with Crippen molar-refractivity contribution in [2.24, 2.45) is 0 Å². The van der Waals surface area contributed by atoms with E-state index < -0.39 is 0 Å². The summed E-state index contributed by atoms with van der Waals surface area (Å²) in [4.78, 5) is 16.9. The first-order valence-electron chi connectivity index (χ1n) is 6.26. The van der Waals surface area contributed by atoms with Gasteiger partial charge in [0, 0.05) is 10.0 Å². The molecule has 0 saturated heterocycles. The van der Waals surface area contributed by atoms with Crippen LogP contribution >= 0.6 is 15.9 Å². The van der Waals surface area contributed by atoms with Gasteiger partial charge in [0.1, 0.15) is 0 Å². The number of hydrogen-bond acceptors (Lipinski definition) is 3. The molecule has 1 aliphatic heterocycles.